The van der Waals surface area contributed by atoms with E-state index >= 15 is 0 Å². The molecule has 4 nitrogen and oxygen atoms in total. The average molecular weight is 235 g/mol. The maximum atomic E-state index is 12.4. The van der Waals surface area contributed by atoms with Crippen LogP contribution in [0.1, 0.15) is 5.69 Å². The Morgan fingerprint density at radius 2 is 1.76 bits per heavy atom. The van der Waals surface area contributed by atoms with Crippen molar-refractivity contribution in [2.45, 2.75) is 6.92 Å². The smallest absolute Gasteiger partial charge is 0.295 e. The number of anilines is 1. The molecule has 0 fully saturated rings. The Balaban J connectivity index is 2.73. The molecule has 0 saturated heterocycles. The van der Waals surface area contributed by atoms with Crippen LogP contribution in [0.5, 0.6) is 0 Å². The van der Waals surface area contributed by atoms with Crippen LogP contribution in [0.3, 0.4) is 0 Å². The number of hydrogen-bond donors (Lipinski definition) is 0. The predicted octanol–water partition coefficient (Wildman–Crippen LogP) is 1.55. The highest BCUT2D eigenvalue weighted by Crippen LogP contribution is 2.15. The molecule has 0 radical (unpaired) electrons. The molecule has 0 amide bonds. The number of rotatable bonds is 2. The van der Waals surface area contributed by atoms with E-state index in [2.05, 4.69) is 0 Å². The van der Waals surface area contributed by atoms with Crippen molar-refractivity contribution in [3.63, 3.8) is 0 Å². The van der Waals surface area contributed by atoms with Gasteiger partial charge in [-0.2, -0.15) is 0 Å². The van der Waals surface area contributed by atoms with Gasteiger partial charge in [-0.25, -0.2) is 4.68 Å². The molecule has 1 heterocycles. The molecular formula is C13H17N3O. The van der Waals surface area contributed by atoms with Crippen molar-refractivity contribution >= 4 is 5.69 Å². The van der Waals surface area contributed by atoms with Crippen LogP contribution in [0.15, 0.2) is 35.1 Å². The minimum absolute atomic E-state index is 0.0150. The van der Waals surface area contributed by atoms with Gasteiger partial charge in [0.25, 0.3) is 5.56 Å². The van der Waals surface area contributed by atoms with Gasteiger partial charge in [-0.15, -0.1) is 0 Å². The van der Waals surface area contributed by atoms with Crippen LogP contribution in [0.25, 0.3) is 5.69 Å². The minimum Gasteiger partial charge on any atom is -0.372 e. The topological polar surface area (TPSA) is 30.2 Å². The SMILES string of the molecule is Cc1c(N([14CH3])[14CH3])c(=O)n(-c2ccccc2)n1C. The fourth-order valence-corrected chi connectivity index (χ4v) is 2.07. The molecule has 17 heavy (non-hydrogen) atoms. The van der Waals surface area contributed by atoms with Crippen molar-refractivity contribution in [2.24, 2.45) is 7.05 Å². The number of para-hydroxylation sites is 1. The summed E-state index contributed by atoms with van der Waals surface area (Å²) in [7, 11) is 5.68. The summed E-state index contributed by atoms with van der Waals surface area (Å²) in [5.74, 6) is 0. The molecule has 0 N–H and O–H groups in total. The Labute approximate surface area is 101 Å². The Morgan fingerprint density at radius 1 is 1.18 bits per heavy atom. The zero-order chi connectivity index (χ0) is 12.6. The molecule has 2 aromatic rings. The van der Waals surface area contributed by atoms with E-state index in [1.165, 1.54) is 0 Å². The van der Waals surface area contributed by atoms with Gasteiger partial charge in [0.2, 0.25) is 0 Å². The molecule has 0 aliphatic heterocycles. The molecule has 2 rings (SSSR count). The average Bonchev–Trinajstić information content (AvgIpc) is 2.51. The van der Waals surface area contributed by atoms with Crippen LogP contribution in [-0.4, -0.2) is 23.5 Å². The number of benzene rings is 1. The van der Waals surface area contributed by atoms with Gasteiger partial charge in [0.05, 0.1) is 11.4 Å². The van der Waals surface area contributed by atoms with Crippen molar-refractivity contribution in [2.75, 3.05) is 19.0 Å². The first kappa shape index (κ1) is 11.5. The first-order valence-corrected chi connectivity index (χ1v) is 5.55. The highest BCUT2D eigenvalue weighted by molar-refractivity contribution is 5.50. The number of aromatic nitrogens is 2. The van der Waals surface area contributed by atoms with Crippen LogP contribution in [0.4, 0.5) is 5.69 Å². The summed E-state index contributed by atoms with van der Waals surface area (Å²) in [6.07, 6.45) is 0. The van der Waals surface area contributed by atoms with Gasteiger partial charge in [-0.05, 0) is 19.1 Å². The molecule has 0 bridgehead atoms. The highest BCUT2D eigenvalue weighted by atomic mass is 16.1. The molecule has 0 atom stereocenters. The summed E-state index contributed by atoms with van der Waals surface area (Å²) < 4.78 is 3.57. The van der Waals surface area contributed by atoms with E-state index in [-0.39, 0.29) is 5.56 Å². The van der Waals surface area contributed by atoms with Crippen molar-refractivity contribution in [3.05, 3.63) is 46.4 Å². The number of nitrogens with zero attached hydrogens (tertiary/aromatic N) is 3. The van der Waals surface area contributed by atoms with Crippen LogP contribution in [0.2, 0.25) is 0 Å². The second-order valence-electron chi connectivity index (χ2n) is 4.30. The molecular weight excluding hydrogens is 218 g/mol. The molecule has 1 aromatic heterocycles. The minimum atomic E-state index is 0.0150. The van der Waals surface area contributed by atoms with Crippen LogP contribution >= 0.6 is 0 Å². The molecule has 0 spiro atoms. The van der Waals surface area contributed by atoms with Crippen LogP contribution in [0, 0.1) is 6.92 Å². The maximum absolute atomic E-state index is 12.4. The first-order valence-electron chi connectivity index (χ1n) is 5.55. The third-order valence-corrected chi connectivity index (χ3v) is 2.97. The monoisotopic (exact) mass is 235 g/mol. The van der Waals surface area contributed by atoms with E-state index in [1.807, 2.05) is 68.0 Å². The highest BCUT2D eigenvalue weighted by Gasteiger charge is 2.16. The van der Waals surface area contributed by atoms with Crippen molar-refractivity contribution in [1.82, 2.24) is 9.36 Å². The Bertz CT molecular complexity index is 579. The Hall–Kier alpha value is -1.97. The quantitative estimate of drug-likeness (QED) is 0.790. The van der Waals surface area contributed by atoms with Crippen LogP contribution in [-0.2, 0) is 7.05 Å². The molecule has 90 valence electrons. The normalized spacial score (nSPS) is 10.6. The van der Waals surface area contributed by atoms with Crippen molar-refractivity contribution in [1.29, 1.82) is 0 Å². The number of hydrogen-bond acceptors (Lipinski definition) is 2. The molecule has 1 aromatic carbocycles. The lowest BCUT2D eigenvalue weighted by Gasteiger charge is -2.09. The summed E-state index contributed by atoms with van der Waals surface area (Å²) in [4.78, 5) is 14.2. The van der Waals surface area contributed by atoms with Crippen molar-refractivity contribution in [3.8, 4) is 5.69 Å². The summed E-state index contributed by atoms with van der Waals surface area (Å²) in [5, 5.41) is 0. The molecule has 0 saturated carbocycles. The lowest BCUT2D eigenvalue weighted by Crippen LogP contribution is -2.23. The fraction of sp³-hybridized carbons (Fsp3) is 0.308. The summed E-state index contributed by atoms with van der Waals surface area (Å²) >= 11 is 0. The fourth-order valence-electron chi connectivity index (χ4n) is 2.07. The first-order chi connectivity index (χ1) is 8.04. The zero-order valence-electron chi connectivity index (χ0n) is 10.6. The van der Waals surface area contributed by atoms with Gasteiger partial charge in [0.15, 0.2) is 0 Å². The largest absolute Gasteiger partial charge is 0.372 e. The summed E-state index contributed by atoms with van der Waals surface area (Å²) in [6, 6.07) is 9.66. The van der Waals surface area contributed by atoms with Gasteiger partial charge >= 0.3 is 0 Å². The third-order valence-electron chi connectivity index (χ3n) is 2.97. The second-order valence-corrected chi connectivity index (χ2v) is 4.30. The van der Waals surface area contributed by atoms with Gasteiger partial charge in [0, 0.05) is 21.1 Å². The molecule has 0 aliphatic rings. The van der Waals surface area contributed by atoms with Crippen molar-refractivity contribution < 1.29 is 0 Å². The van der Waals surface area contributed by atoms with E-state index in [0.717, 1.165) is 17.1 Å². The predicted molar refractivity (Wildman–Crippen MR) is 70.1 cm³/mol. The van der Waals surface area contributed by atoms with E-state index in [1.54, 1.807) is 4.68 Å². The van der Waals surface area contributed by atoms with Gasteiger partial charge in [0.1, 0.15) is 5.69 Å². The Kier molecular flexibility index (Phi) is 2.79. The van der Waals surface area contributed by atoms with Gasteiger partial charge in [-0.1, -0.05) is 18.2 Å². The lowest BCUT2D eigenvalue weighted by atomic mass is 10.3. The van der Waals surface area contributed by atoms with E-state index in [4.69, 9.17) is 0 Å². The molecule has 0 unspecified atom stereocenters. The van der Waals surface area contributed by atoms with E-state index in [0.29, 0.717) is 0 Å². The van der Waals surface area contributed by atoms with Gasteiger partial charge < -0.3 is 4.90 Å². The lowest BCUT2D eigenvalue weighted by molar-refractivity contribution is 0.630. The second kappa shape index (κ2) is 4.13. The van der Waals surface area contributed by atoms with E-state index < -0.39 is 0 Å². The maximum Gasteiger partial charge on any atom is 0.295 e. The van der Waals surface area contributed by atoms with Gasteiger partial charge in [-0.3, -0.25) is 9.48 Å². The summed E-state index contributed by atoms with van der Waals surface area (Å²) in [6.45, 7) is 1.95. The molecule has 0 aliphatic carbocycles. The van der Waals surface area contributed by atoms with Crippen LogP contribution < -0.4 is 10.5 Å². The summed E-state index contributed by atoms with van der Waals surface area (Å²) in [5.41, 5.74) is 2.60. The Morgan fingerprint density at radius 3 is 2.24 bits per heavy atom. The zero-order valence-corrected chi connectivity index (χ0v) is 10.6. The molecule has 4 heteroatoms. The standard InChI is InChI=1S/C13H17N3O/c1-10-12(14(2)3)13(17)16(15(10)4)11-8-6-5-7-9-11/h5-9H,1-4H3/i2+2,3+2. The van der Waals surface area contributed by atoms with E-state index in [9.17, 15) is 4.79 Å². The third kappa shape index (κ3) is 1.75.